The Balaban J connectivity index is 2.02. The summed E-state index contributed by atoms with van der Waals surface area (Å²) >= 11 is 1.76. The molecule has 0 radical (unpaired) electrons. The highest BCUT2D eigenvalue weighted by Crippen LogP contribution is 2.21. The normalized spacial score (nSPS) is 14.1. The smallest absolute Gasteiger partial charge is 0.0753 e. The zero-order valence-corrected chi connectivity index (χ0v) is 12.3. The molecule has 0 saturated heterocycles. The van der Waals surface area contributed by atoms with E-state index in [4.69, 9.17) is 0 Å². The maximum atomic E-state index is 4.32. The van der Waals surface area contributed by atoms with Gasteiger partial charge in [-0.05, 0) is 37.8 Å². The number of thioether (sulfide) groups is 1. The van der Waals surface area contributed by atoms with Crippen LogP contribution in [0, 0.1) is 0 Å². The monoisotopic (exact) mass is 273 g/mol. The zero-order valence-electron chi connectivity index (χ0n) is 11.5. The fourth-order valence-corrected chi connectivity index (χ4v) is 2.39. The van der Waals surface area contributed by atoms with E-state index in [1.807, 2.05) is 0 Å². The Morgan fingerprint density at radius 3 is 2.37 bits per heavy atom. The number of nitrogens with zero attached hydrogens (tertiary/aromatic N) is 2. The van der Waals surface area contributed by atoms with Crippen molar-refractivity contribution in [2.75, 3.05) is 6.26 Å². The van der Waals surface area contributed by atoms with Crippen LogP contribution in [-0.4, -0.2) is 16.2 Å². The van der Waals surface area contributed by atoms with Gasteiger partial charge < -0.3 is 5.32 Å². The molecule has 2 rings (SSSR count). The summed E-state index contributed by atoms with van der Waals surface area (Å²) < 4.78 is 0. The molecule has 0 spiro atoms. The molecule has 0 amide bonds. The Hall–Kier alpha value is -1.39. The molecular weight excluding hydrogens is 254 g/mol. The second kappa shape index (κ2) is 6.68. The lowest BCUT2D eigenvalue weighted by Gasteiger charge is -2.20. The van der Waals surface area contributed by atoms with Gasteiger partial charge in [-0.2, -0.15) is 0 Å². The van der Waals surface area contributed by atoms with E-state index in [0.29, 0.717) is 0 Å². The van der Waals surface area contributed by atoms with Crippen molar-refractivity contribution in [3.05, 3.63) is 54.1 Å². The first-order chi connectivity index (χ1) is 9.20. The van der Waals surface area contributed by atoms with Crippen LogP contribution in [0.2, 0.25) is 0 Å². The highest BCUT2D eigenvalue weighted by molar-refractivity contribution is 7.98. The maximum Gasteiger partial charge on any atom is 0.0753 e. The number of rotatable bonds is 5. The summed E-state index contributed by atoms with van der Waals surface area (Å²) in [7, 11) is 0. The predicted octanol–water partition coefficient (Wildman–Crippen LogP) is 3.61. The molecule has 0 aliphatic rings. The second-order valence-corrected chi connectivity index (χ2v) is 5.39. The van der Waals surface area contributed by atoms with Crippen molar-refractivity contribution in [3.8, 4) is 0 Å². The van der Waals surface area contributed by atoms with Crippen molar-refractivity contribution in [3.63, 3.8) is 0 Å². The third-order valence-corrected chi connectivity index (χ3v) is 3.89. The van der Waals surface area contributed by atoms with Crippen LogP contribution < -0.4 is 5.32 Å². The quantitative estimate of drug-likeness (QED) is 0.845. The van der Waals surface area contributed by atoms with Gasteiger partial charge in [0.2, 0.25) is 0 Å². The molecule has 1 aromatic carbocycles. The highest BCUT2D eigenvalue weighted by atomic mass is 32.2. The number of hydrogen-bond donors (Lipinski definition) is 1. The van der Waals surface area contributed by atoms with Crippen LogP contribution >= 0.6 is 11.8 Å². The van der Waals surface area contributed by atoms with Crippen molar-refractivity contribution in [2.24, 2.45) is 0 Å². The van der Waals surface area contributed by atoms with Crippen molar-refractivity contribution < 1.29 is 0 Å². The van der Waals surface area contributed by atoms with E-state index in [0.717, 1.165) is 5.69 Å². The Labute approximate surface area is 118 Å². The van der Waals surface area contributed by atoms with Crippen LogP contribution in [0.15, 0.2) is 47.8 Å². The van der Waals surface area contributed by atoms with Crippen LogP contribution in [0.3, 0.4) is 0 Å². The van der Waals surface area contributed by atoms with Gasteiger partial charge in [0.25, 0.3) is 0 Å². The fraction of sp³-hybridized carbons (Fsp3) is 0.333. The molecular formula is C15H19N3S. The summed E-state index contributed by atoms with van der Waals surface area (Å²) in [6.45, 7) is 4.28. The lowest BCUT2D eigenvalue weighted by atomic mass is 10.1. The van der Waals surface area contributed by atoms with Crippen LogP contribution in [0.25, 0.3) is 0 Å². The number of aromatic nitrogens is 2. The first kappa shape index (κ1) is 14.0. The van der Waals surface area contributed by atoms with Crippen molar-refractivity contribution in [1.29, 1.82) is 0 Å². The molecule has 2 atom stereocenters. The number of nitrogens with one attached hydrogen (secondary N) is 1. The molecule has 100 valence electrons. The summed E-state index contributed by atoms with van der Waals surface area (Å²) in [5.41, 5.74) is 2.25. The maximum absolute atomic E-state index is 4.32. The van der Waals surface area contributed by atoms with Crippen molar-refractivity contribution >= 4 is 11.8 Å². The minimum atomic E-state index is 0.184. The average molecular weight is 273 g/mol. The second-order valence-electron chi connectivity index (χ2n) is 4.51. The number of benzene rings is 1. The minimum absolute atomic E-state index is 0.184. The molecule has 1 heterocycles. The Bertz CT molecular complexity index is 499. The molecule has 1 aromatic heterocycles. The van der Waals surface area contributed by atoms with Crippen LogP contribution in [0.1, 0.15) is 37.2 Å². The SMILES string of the molecule is CSc1ccc(C(C)NC(C)c2cnccn2)cc1. The lowest BCUT2D eigenvalue weighted by Crippen LogP contribution is -2.23. The molecule has 2 unspecified atom stereocenters. The van der Waals surface area contributed by atoms with E-state index in [2.05, 4.69) is 59.7 Å². The topological polar surface area (TPSA) is 37.8 Å². The molecule has 0 aliphatic carbocycles. The van der Waals surface area contributed by atoms with Gasteiger partial charge in [-0.15, -0.1) is 11.8 Å². The third kappa shape index (κ3) is 3.78. The molecule has 19 heavy (non-hydrogen) atoms. The highest BCUT2D eigenvalue weighted by Gasteiger charge is 2.12. The first-order valence-corrected chi connectivity index (χ1v) is 7.59. The lowest BCUT2D eigenvalue weighted by molar-refractivity contribution is 0.485. The summed E-state index contributed by atoms with van der Waals surface area (Å²) in [5.74, 6) is 0. The molecule has 0 saturated carbocycles. The van der Waals surface area contributed by atoms with Gasteiger partial charge in [-0.1, -0.05) is 12.1 Å². The van der Waals surface area contributed by atoms with Gasteiger partial charge in [0, 0.05) is 35.6 Å². The van der Waals surface area contributed by atoms with E-state index >= 15 is 0 Å². The summed E-state index contributed by atoms with van der Waals surface area (Å²) in [6, 6.07) is 9.13. The Morgan fingerprint density at radius 2 is 1.79 bits per heavy atom. The van der Waals surface area contributed by atoms with Crippen LogP contribution in [-0.2, 0) is 0 Å². The molecule has 3 nitrogen and oxygen atoms in total. The standard InChI is InChI=1S/C15H19N3S/c1-11(13-4-6-14(19-3)7-5-13)18-12(2)15-10-16-8-9-17-15/h4-12,18H,1-3H3. The van der Waals surface area contributed by atoms with Gasteiger partial charge in [0.05, 0.1) is 5.69 Å². The van der Waals surface area contributed by atoms with E-state index in [9.17, 15) is 0 Å². The zero-order chi connectivity index (χ0) is 13.7. The molecule has 1 N–H and O–H groups in total. The van der Waals surface area contributed by atoms with Gasteiger partial charge in [-0.3, -0.25) is 9.97 Å². The van der Waals surface area contributed by atoms with Crippen molar-refractivity contribution in [2.45, 2.75) is 30.8 Å². The molecule has 0 bridgehead atoms. The van der Waals surface area contributed by atoms with Crippen LogP contribution in [0.5, 0.6) is 0 Å². The first-order valence-electron chi connectivity index (χ1n) is 6.36. The van der Waals surface area contributed by atoms with Crippen molar-refractivity contribution in [1.82, 2.24) is 15.3 Å². The molecule has 2 aromatic rings. The van der Waals surface area contributed by atoms with Gasteiger partial charge in [0.1, 0.15) is 0 Å². The Morgan fingerprint density at radius 1 is 1.05 bits per heavy atom. The number of hydrogen-bond acceptors (Lipinski definition) is 4. The third-order valence-electron chi connectivity index (χ3n) is 3.14. The van der Waals surface area contributed by atoms with E-state index in [1.54, 1.807) is 30.4 Å². The van der Waals surface area contributed by atoms with Gasteiger partial charge in [0.15, 0.2) is 0 Å². The van der Waals surface area contributed by atoms with Gasteiger partial charge >= 0.3 is 0 Å². The van der Waals surface area contributed by atoms with Crippen LogP contribution in [0.4, 0.5) is 0 Å². The minimum Gasteiger partial charge on any atom is -0.302 e. The van der Waals surface area contributed by atoms with E-state index < -0.39 is 0 Å². The van der Waals surface area contributed by atoms with E-state index in [-0.39, 0.29) is 12.1 Å². The molecule has 0 fully saturated rings. The molecule has 4 heteroatoms. The van der Waals surface area contributed by atoms with E-state index in [1.165, 1.54) is 10.5 Å². The summed E-state index contributed by atoms with van der Waals surface area (Å²) in [4.78, 5) is 9.72. The Kier molecular flexibility index (Phi) is 4.93. The molecule has 0 aliphatic heterocycles. The predicted molar refractivity (Wildman–Crippen MR) is 80.2 cm³/mol. The largest absolute Gasteiger partial charge is 0.302 e. The summed E-state index contributed by atoms with van der Waals surface area (Å²) in [5, 5.41) is 3.54. The van der Waals surface area contributed by atoms with Gasteiger partial charge in [-0.25, -0.2) is 0 Å². The summed E-state index contributed by atoms with van der Waals surface area (Å²) in [6.07, 6.45) is 7.32. The average Bonchev–Trinajstić information content (AvgIpc) is 2.48. The fourth-order valence-electron chi connectivity index (χ4n) is 1.98.